The molecule has 0 heterocycles. The number of nitrogens with two attached hydrogens (primary N) is 1. The lowest BCUT2D eigenvalue weighted by Gasteiger charge is -2.19. The molecule has 0 spiro atoms. The Morgan fingerprint density at radius 1 is 0.426 bits per heavy atom. The molecule has 0 aliphatic heterocycles. The Labute approximate surface area is 299 Å². The highest BCUT2D eigenvalue weighted by atomic mass is 28.2. The fourth-order valence-electron chi connectivity index (χ4n) is 6.25. The Balaban J connectivity index is 3.93. The van der Waals surface area contributed by atoms with Crippen molar-refractivity contribution >= 4 is 9.76 Å². The molecule has 0 amide bonds. The summed E-state index contributed by atoms with van der Waals surface area (Å²) in [6.45, 7) is 11.7. The van der Waals surface area contributed by atoms with Crippen LogP contribution < -0.4 is 5.73 Å². The van der Waals surface area contributed by atoms with Gasteiger partial charge in [0.25, 0.3) is 0 Å². The van der Waals surface area contributed by atoms with E-state index in [0.29, 0.717) is 15.8 Å². The van der Waals surface area contributed by atoms with Gasteiger partial charge in [0.2, 0.25) is 9.76 Å². The maximum absolute atomic E-state index is 6.30. The van der Waals surface area contributed by atoms with Gasteiger partial charge in [-0.1, -0.05) is 188 Å². The quantitative estimate of drug-likeness (QED) is 0.0396. The van der Waals surface area contributed by atoms with Crippen LogP contribution in [0.1, 0.15) is 227 Å². The molecule has 2 radical (unpaired) electrons. The minimum atomic E-state index is 0.0115. The number of rotatable bonds is 41. The molecule has 2 N–H and O–H groups in total. The predicted molar refractivity (Wildman–Crippen MR) is 209 cm³/mol. The third kappa shape index (κ3) is 40.4. The molecule has 47 heavy (non-hydrogen) atoms. The second-order valence-corrected chi connectivity index (χ2v) is 16.1. The fourth-order valence-corrected chi connectivity index (χ4v) is 6.97. The van der Waals surface area contributed by atoms with E-state index < -0.39 is 0 Å². The SMILES string of the molecule is CCCCCCCCCCCCOC(CCCCCCCCCCC(N)CCO[Si]CC(C)C)OCCCCCCCCCCCC. The first-order valence-electron chi connectivity index (χ1n) is 21.4. The van der Waals surface area contributed by atoms with E-state index in [4.69, 9.17) is 19.6 Å². The van der Waals surface area contributed by atoms with E-state index in [1.165, 1.54) is 186 Å². The van der Waals surface area contributed by atoms with E-state index in [9.17, 15) is 0 Å². The van der Waals surface area contributed by atoms with Gasteiger partial charge in [-0.25, -0.2) is 0 Å². The van der Waals surface area contributed by atoms with Gasteiger partial charge in [0.1, 0.15) is 0 Å². The van der Waals surface area contributed by atoms with Gasteiger partial charge in [-0.05, 0) is 50.5 Å². The largest absolute Gasteiger partial charge is 0.417 e. The molecule has 1 unspecified atom stereocenters. The maximum atomic E-state index is 6.30. The lowest BCUT2D eigenvalue weighted by molar-refractivity contribution is -0.148. The summed E-state index contributed by atoms with van der Waals surface area (Å²) in [7, 11) is 0.640. The van der Waals surface area contributed by atoms with Gasteiger partial charge in [0, 0.05) is 25.9 Å². The van der Waals surface area contributed by atoms with E-state index in [0.717, 1.165) is 45.0 Å². The summed E-state index contributed by atoms with van der Waals surface area (Å²) in [5.74, 6) is 0.732. The molecule has 0 aromatic heterocycles. The third-order valence-electron chi connectivity index (χ3n) is 9.55. The van der Waals surface area contributed by atoms with Crippen LogP contribution in [0.15, 0.2) is 0 Å². The highest BCUT2D eigenvalue weighted by Crippen LogP contribution is 2.16. The van der Waals surface area contributed by atoms with E-state index in [1.54, 1.807) is 0 Å². The lowest BCUT2D eigenvalue weighted by atomic mass is 10.0. The predicted octanol–water partition coefficient (Wildman–Crippen LogP) is 13.5. The molecule has 282 valence electrons. The van der Waals surface area contributed by atoms with Crippen LogP contribution in [-0.2, 0) is 13.9 Å². The van der Waals surface area contributed by atoms with Crippen LogP contribution in [-0.4, -0.2) is 41.9 Å². The zero-order valence-electron chi connectivity index (χ0n) is 32.8. The van der Waals surface area contributed by atoms with Crippen molar-refractivity contribution in [1.29, 1.82) is 0 Å². The number of unbranched alkanes of at least 4 members (excludes halogenated alkanes) is 25. The normalized spacial score (nSPS) is 12.6. The summed E-state index contributed by atoms with van der Waals surface area (Å²) < 4.78 is 18.4. The minimum Gasteiger partial charge on any atom is -0.417 e. The van der Waals surface area contributed by atoms with Crippen LogP contribution >= 0.6 is 0 Å². The summed E-state index contributed by atoms with van der Waals surface area (Å²) in [5.41, 5.74) is 6.30. The summed E-state index contributed by atoms with van der Waals surface area (Å²) >= 11 is 0. The summed E-state index contributed by atoms with van der Waals surface area (Å²) in [6, 6.07) is 1.49. The Kier molecular flexibility index (Phi) is 40.5. The van der Waals surface area contributed by atoms with Crippen molar-refractivity contribution in [2.75, 3.05) is 19.8 Å². The van der Waals surface area contributed by atoms with Crippen molar-refractivity contribution in [2.45, 2.75) is 245 Å². The van der Waals surface area contributed by atoms with Gasteiger partial charge in [-0.15, -0.1) is 0 Å². The Morgan fingerprint density at radius 2 is 0.787 bits per heavy atom. The average molecular weight is 682 g/mol. The summed E-state index contributed by atoms with van der Waals surface area (Å²) in [4.78, 5) is 0. The van der Waals surface area contributed by atoms with Crippen molar-refractivity contribution in [2.24, 2.45) is 11.7 Å². The van der Waals surface area contributed by atoms with Crippen LogP contribution in [0.4, 0.5) is 0 Å². The number of hydrogen-bond donors (Lipinski definition) is 1. The zero-order chi connectivity index (χ0) is 34.3. The van der Waals surface area contributed by atoms with Gasteiger partial charge in [0.15, 0.2) is 6.29 Å². The first-order valence-corrected chi connectivity index (χ1v) is 22.5. The molecular weight excluding hydrogens is 595 g/mol. The molecule has 0 fully saturated rings. The molecule has 0 aliphatic rings. The average Bonchev–Trinajstić information content (AvgIpc) is 3.06. The van der Waals surface area contributed by atoms with Gasteiger partial charge in [0.05, 0.1) is 0 Å². The van der Waals surface area contributed by atoms with Gasteiger partial charge in [-0.3, -0.25) is 0 Å². The van der Waals surface area contributed by atoms with Crippen LogP contribution in [0.2, 0.25) is 6.04 Å². The molecule has 0 saturated heterocycles. The van der Waals surface area contributed by atoms with Crippen LogP contribution in [0.3, 0.4) is 0 Å². The standard InChI is InChI=1S/C42H87NO3Si/c1-5-7-9-11-13-15-19-23-27-31-36-44-42(45-37-32-28-24-20-16-14-12-10-8-6-2)34-30-26-22-18-17-21-25-29-33-41(43)35-38-46-47-39-40(3)4/h40-42H,5-39,43H2,1-4H3. The van der Waals surface area contributed by atoms with Crippen LogP contribution in [0, 0.1) is 5.92 Å². The molecule has 5 heteroatoms. The maximum Gasteiger partial charge on any atom is 0.229 e. The minimum absolute atomic E-state index is 0.0115. The molecule has 4 nitrogen and oxygen atoms in total. The highest BCUT2D eigenvalue weighted by Gasteiger charge is 2.10. The van der Waals surface area contributed by atoms with Crippen molar-refractivity contribution in [3.63, 3.8) is 0 Å². The van der Waals surface area contributed by atoms with Crippen molar-refractivity contribution in [3.8, 4) is 0 Å². The van der Waals surface area contributed by atoms with Gasteiger partial charge < -0.3 is 19.6 Å². The van der Waals surface area contributed by atoms with E-state index in [-0.39, 0.29) is 6.29 Å². The highest BCUT2D eigenvalue weighted by molar-refractivity contribution is 6.27. The number of ether oxygens (including phenoxy) is 2. The smallest absolute Gasteiger partial charge is 0.229 e. The Morgan fingerprint density at radius 3 is 1.19 bits per heavy atom. The van der Waals surface area contributed by atoms with E-state index in [2.05, 4.69) is 27.7 Å². The second-order valence-electron chi connectivity index (χ2n) is 15.1. The zero-order valence-corrected chi connectivity index (χ0v) is 33.8. The molecule has 0 saturated carbocycles. The van der Waals surface area contributed by atoms with Crippen LogP contribution in [0.25, 0.3) is 0 Å². The first-order chi connectivity index (χ1) is 23.1. The number of hydrogen-bond acceptors (Lipinski definition) is 4. The molecular formula is C42H87NO3Si. The summed E-state index contributed by atoms with van der Waals surface area (Å²) in [5, 5.41) is 0. The molecule has 0 aromatic rings. The topological polar surface area (TPSA) is 53.7 Å². The van der Waals surface area contributed by atoms with E-state index in [1.807, 2.05) is 0 Å². The van der Waals surface area contributed by atoms with Crippen molar-refractivity contribution in [1.82, 2.24) is 0 Å². The molecule has 0 aliphatic carbocycles. The summed E-state index contributed by atoms with van der Waals surface area (Å²) in [6.07, 6.45) is 41.2. The Hall–Kier alpha value is 0.0569. The monoisotopic (exact) mass is 682 g/mol. The Bertz CT molecular complexity index is 538. The van der Waals surface area contributed by atoms with Crippen molar-refractivity contribution in [3.05, 3.63) is 0 Å². The van der Waals surface area contributed by atoms with Crippen molar-refractivity contribution < 1.29 is 13.9 Å². The third-order valence-corrected chi connectivity index (χ3v) is 10.9. The molecule has 0 bridgehead atoms. The van der Waals surface area contributed by atoms with Crippen LogP contribution in [0.5, 0.6) is 0 Å². The second kappa shape index (κ2) is 40.5. The molecule has 1 atom stereocenters. The molecule has 0 aromatic carbocycles. The van der Waals surface area contributed by atoms with Gasteiger partial charge >= 0.3 is 0 Å². The molecule has 0 rings (SSSR count). The fraction of sp³-hybridized carbons (Fsp3) is 1.00. The lowest BCUT2D eigenvalue weighted by Crippen LogP contribution is -2.22. The first kappa shape index (κ1) is 47.1. The van der Waals surface area contributed by atoms with E-state index >= 15 is 0 Å². The van der Waals surface area contributed by atoms with Gasteiger partial charge in [-0.2, -0.15) is 0 Å².